The highest BCUT2D eigenvalue weighted by atomic mass is 19.1. The zero-order chi connectivity index (χ0) is 27.0. The fraction of sp³-hybridized carbons (Fsp3) is 0.294. The van der Waals surface area contributed by atoms with Crippen LogP contribution in [0.4, 0.5) is 4.39 Å². The molecule has 2 amide bonds. The molecule has 1 fully saturated rings. The molecule has 1 aliphatic carbocycles. The van der Waals surface area contributed by atoms with E-state index in [0.29, 0.717) is 12.8 Å². The third kappa shape index (κ3) is 6.91. The lowest BCUT2D eigenvalue weighted by Crippen LogP contribution is -2.52. The number of nitrogens with zero attached hydrogens (tertiary/aromatic N) is 1. The van der Waals surface area contributed by atoms with Gasteiger partial charge in [-0.05, 0) is 58.9 Å². The van der Waals surface area contributed by atoms with Crippen LogP contribution in [0.25, 0.3) is 10.8 Å². The molecule has 0 spiro atoms. The van der Waals surface area contributed by atoms with Crippen molar-refractivity contribution >= 4 is 22.6 Å². The average Bonchev–Trinajstić information content (AvgIpc) is 3.48. The highest BCUT2D eigenvalue weighted by Crippen LogP contribution is 2.23. The van der Waals surface area contributed by atoms with Crippen LogP contribution in [-0.2, 0) is 29.0 Å². The van der Waals surface area contributed by atoms with Crippen LogP contribution in [0.3, 0.4) is 0 Å². The fourth-order valence-electron chi connectivity index (χ4n) is 5.60. The Morgan fingerprint density at radius 2 is 1.51 bits per heavy atom. The smallest absolute Gasteiger partial charge is 0.243 e. The summed E-state index contributed by atoms with van der Waals surface area (Å²) in [7, 11) is 0. The number of amides is 2. The van der Waals surface area contributed by atoms with Gasteiger partial charge in [0.1, 0.15) is 11.9 Å². The Bertz CT molecular complexity index is 1390. The van der Waals surface area contributed by atoms with Crippen LogP contribution < -0.4 is 5.32 Å². The van der Waals surface area contributed by atoms with E-state index in [0.717, 1.165) is 53.1 Å². The third-order valence-corrected chi connectivity index (χ3v) is 7.73. The molecule has 0 bridgehead atoms. The van der Waals surface area contributed by atoms with Crippen molar-refractivity contribution in [3.05, 3.63) is 120 Å². The molecule has 0 heterocycles. The second-order valence-corrected chi connectivity index (χ2v) is 10.5. The SMILES string of the molecule is O=C(NC1CCCC1)[C@H](Cc1ccccc1)N(Cc1ccc(F)cc1)C(=O)CCc1cccc2ccccc12. The molecule has 1 N–H and O–H groups in total. The van der Waals surface area contributed by atoms with Gasteiger partial charge in [-0.15, -0.1) is 0 Å². The zero-order valence-corrected chi connectivity index (χ0v) is 22.2. The van der Waals surface area contributed by atoms with E-state index in [1.165, 1.54) is 12.1 Å². The monoisotopic (exact) mass is 522 g/mol. The van der Waals surface area contributed by atoms with E-state index < -0.39 is 6.04 Å². The average molecular weight is 523 g/mol. The summed E-state index contributed by atoms with van der Waals surface area (Å²) in [6.07, 6.45) is 5.42. The van der Waals surface area contributed by atoms with E-state index in [1.807, 2.05) is 48.5 Å². The van der Waals surface area contributed by atoms with Gasteiger partial charge in [0.05, 0.1) is 0 Å². The highest BCUT2D eigenvalue weighted by Gasteiger charge is 2.32. The number of carbonyl (C=O) groups excluding carboxylic acids is 2. The van der Waals surface area contributed by atoms with E-state index >= 15 is 0 Å². The molecular formula is C34H35FN2O2. The van der Waals surface area contributed by atoms with Crippen molar-refractivity contribution in [2.75, 3.05) is 0 Å². The van der Waals surface area contributed by atoms with E-state index in [-0.39, 0.29) is 36.6 Å². The molecule has 1 saturated carbocycles. The Morgan fingerprint density at radius 1 is 0.821 bits per heavy atom. The predicted molar refractivity (Wildman–Crippen MR) is 154 cm³/mol. The molecule has 5 heteroatoms. The molecule has 0 radical (unpaired) electrons. The molecule has 4 aromatic carbocycles. The zero-order valence-electron chi connectivity index (χ0n) is 22.2. The number of nitrogens with one attached hydrogen (secondary N) is 1. The maximum atomic E-state index is 14.0. The van der Waals surface area contributed by atoms with Crippen molar-refractivity contribution in [3.63, 3.8) is 0 Å². The maximum absolute atomic E-state index is 14.0. The van der Waals surface area contributed by atoms with Crippen LogP contribution in [0.15, 0.2) is 97.1 Å². The maximum Gasteiger partial charge on any atom is 0.243 e. The van der Waals surface area contributed by atoms with Gasteiger partial charge < -0.3 is 10.2 Å². The number of fused-ring (bicyclic) bond motifs is 1. The number of halogens is 1. The minimum absolute atomic E-state index is 0.0882. The fourth-order valence-corrected chi connectivity index (χ4v) is 5.60. The van der Waals surface area contributed by atoms with E-state index in [4.69, 9.17) is 0 Å². The van der Waals surface area contributed by atoms with Crippen molar-refractivity contribution < 1.29 is 14.0 Å². The molecule has 4 nitrogen and oxygen atoms in total. The Morgan fingerprint density at radius 3 is 2.28 bits per heavy atom. The Hall–Kier alpha value is -3.99. The summed E-state index contributed by atoms with van der Waals surface area (Å²) in [6.45, 7) is 0.240. The first-order chi connectivity index (χ1) is 19.1. The van der Waals surface area contributed by atoms with Gasteiger partial charge >= 0.3 is 0 Å². The Labute approximate surface area is 229 Å². The number of hydrogen-bond acceptors (Lipinski definition) is 2. The molecular weight excluding hydrogens is 487 g/mol. The molecule has 1 aliphatic rings. The van der Waals surface area contributed by atoms with Gasteiger partial charge in [0.2, 0.25) is 11.8 Å². The molecule has 200 valence electrons. The molecule has 1 atom stereocenters. The van der Waals surface area contributed by atoms with Gasteiger partial charge in [-0.3, -0.25) is 9.59 Å². The van der Waals surface area contributed by atoms with E-state index in [1.54, 1.807) is 17.0 Å². The number of hydrogen-bond donors (Lipinski definition) is 1. The van der Waals surface area contributed by atoms with Crippen molar-refractivity contribution in [2.24, 2.45) is 0 Å². The first-order valence-corrected chi connectivity index (χ1v) is 13.9. The summed E-state index contributed by atoms with van der Waals surface area (Å²) in [6, 6.07) is 29.8. The Kier molecular flexibility index (Phi) is 8.67. The van der Waals surface area contributed by atoms with Gasteiger partial charge in [0.25, 0.3) is 0 Å². The lowest BCUT2D eigenvalue weighted by Gasteiger charge is -2.32. The molecule has 5 rings (SSSR count). The van der Waals surface area contributed by atoms with E-state index in [2.05, 4.69) is 29.6 Å². The lowest BCUT2D eigenvalue weighted by molar-refractivity contribution is -0.141. The summed E-state index contributed by atoms with van der Waals surface area (Å²) in [5, 5.41) is 5.51. The lowest BCUT2D eigenvalue weighted by atomic mass is 9.99. The quantitative estimate of drug-likeness (QED) is 0.255. The second kappa shape index (κ2) is 12.7. The number of carbonyl (C=O) groups is 2. The highest BCUT2D eigenvalue weighted by molar-refractivity contribution is 5.89. The van der Waals surface area contributed by atoms with Gasteiger partial charge in [0.15, 0.2) is 0 Å². The van der Waals surface area contributed by atoms with Gasteiger partial charge in [-0.2, -0.15) is 0 Å². The number of aryl methyl sites for hydroxylation is 1. The number of rotatable bonds is 10. The number of benzene rings is 4. The summed E-state index contributed by atoms with van der Waals surface area (Å²) in [4.78, 5) is 29.5. The van der Waals surface area contributed by atoms with Crippen molar-refractivity contribution in [3.8, 4) is 0 Å². The summed E-state index contributed by atoms with van der Waals surface area (Å²) >= 11 is 0. The largest absolute Gasteiger partial charge is 0.352 e. The normalized spacial score (nSPS) is 14.3. The van der Waals surface area contributed by atoms with Crippen LogP contribution in [0, 0.1) is 5.82 Å². The van der Waals surface area contributed by atoms with Gasteiger partial charge in [0, 0.05) is 25.4 Å². The van der Waals surface area contributed by atoms with Crippen LogP contribution in [0.1, 0.15) is 48.8 Å². The van der Waals surface area contributed by atoms with Crippen LogP contribution >= 0.6 is 0 Å². The van der Waals surface area contributed by atoms with Crippen molar-refractivity contribution in [2.45, 2.75) is 63.6 Å². The van der Waals surface area contributed by atoms with Crippen LogP contribution in [0.2, 0.25) is 0 Å². The van der Waals surface area contributed by atoms with Crippen LogP contribution in [0.5, 0.6) is 0 Å². The molecule has 39 heavy (non-hydrogen) atoms. The Balaban J connectivity index is 1.43. The summed E-state index contributed by atoms with van der Waals surface area (Å²) in [5.74, 6) is -0.534. The molecule has 0 aromatic heterocycles. The first-order valence-electron chi connectivity index (χ1n) is 13.9. The topological polar surface area (TPSA) is 49.4 Å². The molecule has 0 unspecified atom stereocenters. The second-order valence-electron chi connectivity index (χ2n) is 10.5. The third-order valence-electron chi connectivity index (χ3n) is 7.73. The van der Waals surface area contributed by atoms with Crippen molar-refractivity contribution in [1.29, 1.82) is 0 Å². The summed E-state index contributed by atoms with van der Waals surface area (Å²) in [5.41, 5.74) is 2.90. The van der Waals surface area contributed by atoms with Gasteiger partial charge in [-0.1, -0.05) is 97.8 Å². The first kappa shape index (κ1) is 26.6. The minimum Gasteiger partial charge on any atom is -0.352 e. The van der Waals surface area contributed by atoms with Crippen LogP contribution in [-0.4, -0.2) is 28.8 Å². The summed E-state index contributed by atoms with van der Waals surface area (Å²) < 4.78 is 13.7. The minimum atomic E-state index is -0.668. The van der Waals surface area contributed by atoms with Gasteiger partial charge in [-0.25, -0.2) is 4.39 Å². The molecule has 4 aromatic rings. The predicted octanol–water partition coefficient (Wildman–Crippen LogP) is 6.61. The standard InChI is InChI=1S/C34H35FN2O2/c35-29-20-17-26(18-21-29)24-37(33(38)22-19-28-13-8-12-27-11-4-7-16-31(27)28)32(23-25-9-2-1-3-10-25)34(39)36-30-14-5-6-15-30/h1-4,7-13,16-18,20-21,30,32H,5-6,14-15,19,22-24H2,(H,36,39)/t32-/m0/s1. The van der Waals surface area contributed by atoms with E-state index in [9.17, 15) is 14.0 Å². The molecule has 0 aliphatic heterocycles. The molecule has 0 saturated heterocycles. The van der Waals surface area contributed by atoms with Crippen molar-refractivity contribution in [1.82, 2.24) is 10.2 Å².